The molecule has 0 bridgehead atoms. The lowest BCUT2D eigenvalue weighted by atomic mass is 10.2. The summed E-state index contributed by atoms with van der Waals surface area (Å²) in [6.07, 6.45) is -4.45. The number of benzene rings is 2. The van der Waals surface area contributed by atoms with Crippen molar-refractivity contribution in [1.29, 1.82) is 0 Å². The smallest absolute Gasteiger partial charge is 0.422 e. The summed E-state index contributed by atoms with van der Waals surface area (Å²) in [6, 6.07) is 12.0. The third-order valence-corrected chi connectivity index (χ3v) is 4.68. The molecule has 3 N–H and O–H groups in total. The molecule has 2 amide bonds. The zero-order chi connectivity index (χ0) is 23.1. The summed E-state index contributed by atoms with van der Waals surface area (Å²) >= 11 is 0.807. The third kappa shape index (κ3) is 6.82. The number of thioether (sulfide) groups is 1. The molecular formula is C20H17F3N2O6S. The molecule has 0 aliphatic carbocycles. The van der Waals surface area contributed by atoms with Crippen molar-refractivity contribution < 1.29 is 41.9 Å². The number of hydrogen-bond donors (Lipinski definition) is 3. The van der Waals surface area contributed by atoms with E-state index in [2.05, 4.69) is 10.1 Å². The summed E-state index contributed by atoms with van der Waals surface area (Å²) in [7, 11) is 0. The molecule has 0 aliphatic heterocycles. The lowest BCUT2D eigenvalue weighted by Gasteiger charge is -2.08. The van der Waals surface area contributed by atoms with E-state index in [1.54, 1.807) is 24.3 Å². The van der Waals surface area contributed by atoms with E-state index in [1.807, 2.05) is 0 Å². The summed E-state index contributed by atoms with van der Waals surface area (Å²) in [5.41, 5.74) is 1.85. The van der Waals surface area contributed by atoms with Crippen molar-refractivity contribution in [3.05, 3.63) is 54.3 Å². The second-order valence-electron chi connectivity index (χ2n) is 6.29. The Labute approximate surface area is 183 Å². The van der Waals surface area contributed by atoms with Crippen LogP contribution in [0.4, 0.5) is 18.0 Å². The van der Waals surface area contributed by atoms with E-state index in [1.165, 1.54) is 29.7 Å². The molecular weight excluding hydrogens is 453 g/mol. The number of alkyl halides is 3. The molecule has 32 heavy (non-hydrogen) atoms. The van der Waals surface area contributed by atoms with Gasteiger partial charge in [0.2, 0.25) is 0 Å². The van der Waals surface area contributed by atoms with Crippen molar-refractivity contribution in [2.75, 3.05) is 19.8 Å². The van der Waals surface area contributed by atoms with Gasteiger partial charge in [-0.1, -0.05) is 0 Å². The minimum atomic E-state index is -4.45. The SMILES string of the molecule is O=C(NO)Sc1ccc(OCCNC(=O)c2cc3cc(OCC(F)(F)F)ccc3o2)cc1. The van der Waals surface area contributed by atoms with Gasteiger partial charge in [-0.25, -0.2) is 5.48 Å². The Morgan fingerprint density at radius 2 is 1.75 bits per heavy atom. The van der Waals surface area contributed by atoms with Crippen LogP contribution in [0.3, 0.4) is 0 Å². The van der Waals surface area contributed by atoms with Crippen LogP contribution in [-0.2, 0) is 0 Å². The number of nitrogens with one attached hydrogen (secondary N) is 2. The number of hydroxylamine groups is 1. The van der Waals surface area contributed by atoms with E-state index in [4.69, 9.17) is 14.4 Å². The highest BCUT2D eigenvalue weighted by molar-refractivity contribution is 8.13. The van der Waals surface area contributed by atoms with Crippen molar-refractivity contribution in [3.63, 3.8) is 0 Å². The van der Waals surface area contributed by atoms with Gasteiger partial charge >= 0.3 is 11.4 Å². The predicted molar refractivity (Wildman–Crippen MR) is 108 cm³/mol. The molecule has 3 rings (SSSR count). The Balaban J connectivity index is 1.47. The van der Waals surface area contributed by atoms with Gasteiger partial charge in [-0.15, -0.1) is 0 Å². The minimum Gasteiger partial charge on any atom is -0.492 e. The number of fused-ring (bicyclic) bond motifs is 1. The molecule has 0 unspecified atom stereocenters. The molecule has 1 heterocycles. The number of amides is 2. The van der Waals surface area contributed by atoms with Crippen LogP contribution >= 0.6 is 11.8 Å². The minimum absolute atomic E-state index is 0.00323. The fourth-order valence-corrected chi connectivity index (χ4v) is 3.07. The summed E-state index contributed by atoms with van der Waals surface area (Å²) in [4.78, 5) is 23.9. The van der Waals surface area contributed by atoms with Crippen molar-refractivity contribution in [3.8, 4) is 11.5 Å². The van der Waals surface area contributed by atoms with Crippen molar-refractivity contribution in [1.82, 2.24) is 10.8 Å². The van der Waals surface area contributed by atoms with Crippen LogP contribution < -0.4 is 20.3 Å². The Morgan fingerprint density at radius 3 is 2.44 bits per heavy atom. The number of rotatable bonds is 8. The normalized spacial score (nSPS) is 11.2. The maximum absolute atomic E-state index is 12.3. The van der Waals surface area contributed by atoms with Gasteiger partial charge in [0.15, 0.2) is 12.4 Å². The average molecular weight is 470 g/mol. The molecule has 2 aromatic carbocycles. The van der Waals surface area contributed by atoms with Crippen molar-refractivity contribution >= 4 is 33.9 Å². The number of hydrogen-bond acceptors (Lipinski definition) is 7. The summed E-state index contributed by atoms with van der Waals surface area (Å²) < 4.78 is 52.4. The highest BCUT2D eigenvalue weighted by Crippen LogP contribution is 2.26. The topological polar surface area (TPSA) is 110 Å². The van der Waals surface area contributed by atoms with Gasteiger partial charge in [0.05, 0.1) is 6.54 Å². The fourth-order valence-electron chi connectivity index (χ4n) is 2.54. The third-order valence-electron chi connectivity index (χ3n) is 3.90. The monoisotopic (exact) mass is 470 g/mol. The van der Waals surface area contributed by atoms with Crippen LogP contribution in [0.25, 0.3) is 11.0 Å². The summed E-state index contributed by atoms with van der Waals surface area (Å²) in [6.45, 7) is -1.09. The van der Waals surface area contributed by atoms with Crippen LogP contribution in [-0.4, -0.2) is 42.3 Å². The molecule has 1 aromatic heterocycles. The van der Waals surface area contributed by atoms with Gasteiger partial charge in [-0.2, -0.15) is 13.2 Å². The molecule has 0 fully saturated rings. The Morgan fingerprint density at radius 1 is 1.03 bits per heavy atom. The van der Waals surface area contributed by atoms with E-state index >= 15 is 0 Å². The van der Waals surface area contributed by atoms with Crippen molar-refractivity contribution in [2.45, 2.75) is 11.1 Å². The number of carbonyl (C=O) groups is 2. The molecule has 8 nitrogen and oxygen atoms in total. The number of halogens is 3. The first-order valence-electron chi connectivity index (χ1n) is 9.09. The van der Waals surface area contributed by atoms with Gasteiger partial charge in [0, 0.05) is 10.3 Å². The lowest BCUT2D eigenvalue weighted by Crippen LogP contribution is -2.27. The highest BCUT2D eigenvalue weighted by Gasteiger charge is 2.28. The summed E-state index contributed by atoms with van der Waals surface area (Å²) in [5, 5.41) is 10.9. The van der Waals surface area contributed by atoms with E-state index in [0.29, 0.717) is 21.6 Å². The standard InChI is InChI=1S/C20H17F3N2O6S/c21-20(22,23)11-30-14-3-6-16-12(9-14)10-17(31-16)18(26)24-7-8-29-13-1-4-15(5-2-13)32-19(27)25-28/h1-6,9-10,28H,7-8,11H2,(H,24,26)(H,25,27). The molecule has 0 spiro atoms. The first kappa shape index (κ1) is 23.3. The number of carbonyl (C=O) groups excluding carboxylic acids is 2. The predicted octanol–water partition coefficient (Wildman–Crippen LogP) is 4.37. The molecule has 0 saturated heterocycles. The van der Waals surface area contributed by atoms with E-state index in [0.717, 1.165) is 11.8 Å². The fraction of sp³-hybridized carbons (Fsp3) is 0.200. The molecule has 0 saturated carbocycles. The number of ether oxygens (including phenoxy) is 2. The van der Waals surface area contributed by atoms with Gasteiger partial charge in [0.1, 0.15) is 23.7 Å². The first-order chi connectivity index (χ1) is 15.2. The van der Waals surface area contributed by atoms with Gasteiger partial charge in [-0.3, -0.25) is 14.8 Å². The number of furan rings is 1. The van der Waals surface area contributed by atoms with Gasteiger partial charge < -0.3 is 19.2 Å². The quantitative estimate of drug-likeness (QED) is 0.194. The average Bonchev–Trinajstić information content (AvgIpc) is 3.19. The van der Waals surface area contributed by atoms with E-state index < -0.39 is 23.9 Å². The lowest BCUT2D eigenvalue weighted by molar-refractivity contribution is -0.153. The zero-order valence-electron chi connectivity index (χ0n) is 16.3. The van der Waals surface area contributed by atoms with E-state index in [9.17, 15) is 22.8 Å². The summed E-state index contributed by atoms with van der Waals surface area (Å²) in [5.74, 6) is 0.0151. The van der Waals surface area contributed by atoms with Gasteiger partial charge in [-0.05, 0) is 60.3 Å². The second kappa shape index (κ2) is 10.3. The molecule has 0 radical (unpaired) electrons. The van der Waals surface area contributed by atoms with Crippen LogP contribution in [0.2, 0.25) is 0 Å². The van der Waals surface area contributed by atoms with E-state index in [-0.39, 0.29) is 24.7 Å². The Bertz CT molecular complexity index is 1090. The Hall–Kier alpha value is -3.38. The maximum atomic E-state index is 12.3. The molecule has 0 aliphatic rings. The molecule has 3 aromatic rings. The zero-order valence-corrected chi connectivity index (χ0v) is 17.1. The van der Waals surface area contributed by atoms with Crippen LogP contribution in [0.5, 0.6) is 11.5 Å². The largest absolute Gasteiger partial charge is 0.492 e. The molecule has 0 atom stereocenters. The Kier molecular flexibility index (Phi) is 7.49. The highest BCUT2D eigenvalue weighted by atomic mass is 32.2. The van der Waals surface area contributed by atoms with Crippen LogP contribution in [0.15, 0.2) is 57.8 Å². The van der Waals surface area contributed by atoms with Crippen molar-refractivity contribution in [2.24, 2.45) is 0 Å². The van der Waals surface area contributed by atoms with Gasteiger partial charge in [0.25, 0.3) is 5.91 Å². The first-order valence-corrected chi connectivity index (χ1v) is 9.91. The van der Waals surface area contributed by atoms with Crippen LogP contribution in [0.1, 0.15) is 10.6 Å². The molecule has 12 heteroatoms. The maximum Gasteiger partial charge on any atom is 0.422 e. The van der Waals surface area contributed by atoms with Crippen LogP contribution in [0, 0.1) is 0 Å². The molecule has 170 valence electrons. The second-order valence-corrected chi connectivity index (χ2v) is 7.34.